The average molecular weight is 460 g/mol. The minimum absolute atomic E-state index is 0.153. The van der Waals surface area contributed by atoms with Gasteiger partial charge in [0.2, 0.25) is 10.0 Å². The van der Waals surface area contributed by atoms with E-state index in [0.29, 0.717) is 31.9 Å². The highest BCUT2D eigenvalue weighted by Gasteiger charge is 2.31. The summed E-state index contributed by atoms with van der Waals surface area (Å²) in [6.45, 7) is 4.00. The zero-order valence-corrected chi connectivity index (χ0v) is 19.4. The molecule has 1 aromatic heterocycles. The Morgan fingerprint density at radius 2 is 1.68 bits per heavy atom. The van der Waals surface area contributed by atoms with Crippen LogP contribution >= 0.6 is 11.3 Å². The van der Waals surface area contributed by atoms with Crippen molar-refractivity contribution in [2.24, 2.45) is 0 Å². The normalized spacial score (nSPS) is 15.1. The molecule has 1 aliphatic heterocycles. The molecule has 4 rings (SSSR count). The van der Waals surface area contributed by atoms with Crippen LogP contribution in [0.15, 0.2) is 52.7 Å². The smallest absolute Gasteiger partial charge is 0.246 e. The first kappa shape index (κ1) is 21.6. The number of hydrogen-bond donors (Lipinski definition) is 0. The van der Waals surface area contributed by atoms with Gasteiger partial charge in [-0.05, 0) is 19.1 Å². The Morgan fingerprint density at radius 1 is 0.968 bits per heavy atom. The fourth-order valence-corrected chi connectivity index (χ4v) is 5.96. The summed E-state index contributed by atoms with van der Waals surface area (Å²) < 4.78 is 38.4. The highest BCUT2D eigenvalue weighted by molar-refractivity contribution is 7.89. The van der Waals surface area contributed by atoms with Crippen molar-refractivity contribution in [3.8, 4) is 22.8 Å². The van der Waals surface area contributed by atoms with E-state index in [9.17, 15) is 8.42 Å². The molecule has 0 atom stereocenters. The van der Waals surface area contributed by atoms with Crippen molar-refractivity contribution in [2.45, 2.75) is 11.8 Å². The van der Waals surface area contributed by atoms with Gasteiger partial charge in [-0.25, -0.2) is 13.4 Å². The third-order valence-electron chi connectivity index (χ3n) is 5.34. The number of sulfonamides is 1. The van der Waals surface area contributed by atoms with Gasteiger partial charge in [0.1, 0.15) is 16.4 Å². The largest absolute Gasteiger partial charge is 0.497 e. The Kier molecular flexibility index (Phi) is 6.17. The Labute approximate surface area is 186 Å². The van der Waals surface area contributed by atoms with Crippen molar-refractivity contribution in [3.63, 3.8) is 0 Å². The molecule has 9 heteroatoms. The van der Waals surface area contributed by atoms with Crippen LogP contribution in [0.2, 0.25) is 0 Å². The number of thiazole rings is 1. The van der Waals surface area contributed by atoms with Gasteiger partial charge in [0.05, 0.1) is 19.9 Å². The molecule has 0 N–H and O–H groups in total. The predicted molar refractivity (Wildman–Crippen MR) is 123 cm³/mol. The molecule has 2 heterocycles. The van der Waals surface area contributed by atoms with E-state index in [1.54, 1.807) is 23.5 Å². The van der Waals surface area contributed by atoms with E-state index in [4.69, 9.17) is 14.5 Å². The molecular weight excluding hydrogens is 434 g/mol. The third-order valence-corrected chi connectivity index (χ3v) is 8.18. The van der Waals surface area contributed by atoms with E-state index in [-0.39, 0.29) is 10.6 Å². The zero-order valence-electron chi connectivity index (χ0n) is 17.7. The van der Waals surface area contributed by atoms with E-state index >= 15 is 0 Å². The molecule has 0 spiro atoms. The highest BCUT2D eigenvalue weighted by atomic mass is 32.2. The van der Waals surface area contributed by atoms with E-state index in [1.807, 2.05) is 5.38 Å². The lowest BCUT2D eigenvalue weighted by atomic mass is 10.1. The molecule has 0 aliphatic carbocycles. The topological polar surface area (TPSA) is 72.0 Å². The molecule has 0 amide bonds. The standard InChI is InChI=1S/C22H25N3O4S2/c1-16-4-6-17(7-5-16)19-15-30-22(23-19)24-10-12-25(13-11-24)31(26,27)21-9-8-18(28-2)14-20(21)29-3/h4-9,14-15H,10-13H2,1-3H3. The Balaban J connectivity index is 1.47. The Bertz CT molecular complexity index is 1150. The van der Waals surface area contributed by atoms with E-state index in [2.05, 4.69) is 36.1 Å². The maximum absolute atomic E-state index is 13.2. The fraction of sp³-hybridized carbons (Fsp3) is 0.318. The average Bonchev–Trinajstić information content (AvgIpc) is 3.29. The van der Waals surface area contributed by atoms with Crippen molar-refractivity contribution < 1.29 is 17.9 Å². The van der Waals surface area contributed by atoms with Crippen LogP contribution in [0.25, 0.3) is 11.3 Å². The number of anilines is 1. The third kappa shape index (κ3) is 4.39. The monoisotopic (exact) mass is 459 g/mol. The summed E-state index contributed by atoms with van der Waals surface area (Å²) in [4.78, 5) is 7.06. The number of rotatable bonds is 6. The fourth-order valence-electron chi connectivity index (χ4n) is 3.51. The number of methoxy groups -OCH3 is 2. The molecule has 1 aliphatic rings. The second kappa shape index (κ2) is 8.86. The van der Waals surface area contributed by atoms with Crippen LogP contribution in [0, 0.1) is 6.92 Å². The van der Waals surface area contributed by atoms with Crippen LogP contribution < -0.4 is 14.4 Å². The second-order valence-electron chi connectivity index (χ2n) is 7.29. The Morgan fingerprint density at radius 3 is 2.32 bits per heavy atom. The summed E-state index contributed by atoms with van der Waals surface area (Å²) in [6.07, 6.45) is 0. The lowest BCUT2D eigenvalue weighted by molar-refractivity contribution is 0.370. The molecule has 31 heavy (non-hydrogen) atoms. The molecule has 1 fully saturated rings. The number of ether oxygens (including phenoxy) is 2. The van der Waals surface area contributed by atoms with Gasteiger partial charge in [0.25, 0.3) is 0 Å². The van der Waals surface area contributed by atoms with Crippen molar-refractivity contribution in [1.82, 2.24) is 9.29 Å². The highest BCUT2D eigenvalue weighted by Crippen LogP contribution is 2.32. The number of benzene rings is 2. The molecule has 3 aromatic rings. The predicted octanol–water partition coefficient (Wildman–Crippen LogP) is 3.65. The van der Waals surface area contributed by atoms with Gasteiger partial charge < -0.3 is 14.4 Å². The maximum atomic E-state index is 13.2. The number of aryl methyl sites for hydroxylation is 1. The van der Waals surface area contributed by atoms with Crippen LogP contribution in [-0.4, -0.2) is 58.1 Å². The number of aromatic nitrogens is 1. The number of piperazine rings is 1. The van der Waals surface area contributed by atoms with Crippen LogP contribution in [0.3, 0.4) is 0 Å². The molecule has 0 saturated carbocycles. The summed E-state index contributed by atoms with van der Waals surface area (Å²) in [5, 5.41) is 2.96. The SMILES string of the molecule is COc1ccc(S(=O)(=O)N2CCN(c3nc(-c4ccc(C)cc4)cs3)CC2)c(OC)c1. The summed E-state index contributed by atoms with van der Waals surface area (Å²) in [5.41, 5.74) is 3.24. The quantitative estimate of drug-likeness (QED) is 0.560. The zero-order chi connectivity index (χ0) is 22.0. The first-order valence-corrected chi connectivity index (χ1v) is 12.2. The van der Waals surface area contributed by atoms with E-state index in [0.717, 1.165) is 16.4 Å². The maximum Gasteiger partial charge on any atom is 0.246 e. The minimum Gasteiger partial charge on any atom is -0.497 e. The van der Waals surface area contributed by atoms with Gasteiger partial charge in [-0.1, -0.05) is 29.8 Å². The lowest BCUT2D eigenvalue weighted by Crippen LogP contribution is -2.48. The van der Waals surface area contributed by atoms with Gasteiger partial charge in [-0.15, -0.1) is 11.3 Å². The molecule has 0 unspecified atom stereocenters. The summed E-state index contributed by atoms with van der Waals surface area (Å²) in [7, 11) is -0.677. The van der Waals surface area contributed by atoms with E-state index in [1.165, 1.54) is 30.2 Å². The first-order valence-electron chi connectivity index (χ1n) is 9.92. The van der Waals surface area contributed by atoms with Crippen LogP contribution in [0.1, 0.15) is 5.56 Å². The van der Waals surface area contributed by atoms with Crippen molar-refractivity contribution in [3.05, 3.63) is 53.4 Å². The molecule has 0 radical (unpaired) electrons. The second-order valence-corrected chi connectivity index (χ2v) is 10.0. The van der Waals surface area contributed by atoms with Crippen LogP contribution in [-0.2, 0) is 10.0 Å². The van der Waals surface area contributed by atoms with Crippen molar-refractivity contribution in [2.75, 3.05) is 45.3 Å². The molecule has 7 nitrogen and oxygen atoms in total. The van der Waals surface area contributed by atoms with Gasteiger partial charge in [0.15, 0.2) is 5.13 Å². The van der Waals surface area contributed by atoms with Gasteiger partial charge in [-0.3, -0.25) is 0 Å². The molecule has 164 valence electrons. The van der Waals surface area contributed by atoms with Crippen molar-refractivity contribution in [1.29, 1.82) is 0 Å². The summed E-state index contributed by atoms with van der Waals surface area (Å²) in [5.74, 6) is 0.832. The van der Waals surface area contributed by atoms with Crippen LogP contribution in [0.4, 0.5) is 5.13 Å². The number of hydrogen-bond acceptors (Lipinski definition) is 7. The van der Waals surface area contributed by atoms with Gasteiger partial charge >= 0.3 is 0 Å². The molecule has 0 bridgehead atoms. The lowest BCUT2D eigenvalue weighted by Gasteiger charge is -2.34. The molecule has 2 aromatic carbocycles. The first-order chi connectivity index (χ1) is 14.9. The summed E-state index contributed by atoms with van der Waals surface area (Å²) in [6, 6.07) is 13.0. The minimum atomic E-state index is -3.67. The summed E-state index contributed by atoms with van der Waals surface area (Å²) >= 11 is 1.58. The molecular formula is C22H25N3O4S2. The van der Waals surface area contributed by atoms with Crippen LogP contribution in [0.5, 0.6) is 11.5 Å². The van der Waals surface area contributed by atoms with Crippen molar-refractivity contribution >= 4 is 26.5 Å². The van der Waals surface area contributed by atoms with Gasteiger partial charge in [-0.2, -0.15) is 4.31 Å². The Hall–Kier alpha value is -2.62. The van der Waals surface area contributed by atoms with E-state index < -0.39 is 10.0 Å². The molecule has 1 saturated heterocycles. The van der Waals surface area contributed by atoms with Gasteiger partial charge in [0, 0.05) is 43.2 Å². The number of nitrogens with zero attached hydrogens (tertiary/aromatic N) is 3.